The fourth-order valence-corrected chi connectivity index (χ4v) is 2.13. The molecule has 0 unspecified atom stereocenters. The van der Waals surface area contributed by atoms with Crippen LogP contribution < -0.4 is 11.1 Å². The molecule has 0 aromatic carbocycles. The van der Waals surface area contributed by atoms with Crippen LogP contribution in [0.2, 0.25) is 0 Å². The number of amides is 1. The van der Waals surface area contributed by atoms with Crippen LogP contribution in [0.25, 0.3) is 0 Å². The van der Waals surface area contributed by atoms with Crippen LogP contribution in [-0.2, 0) is 9.84 Å². The molecule has 1 aromatic rings. The van der Waals surface area contributed by atoms with Crippen LogP contribution >= 0.6 is 0 Å². The van der Waals surface area contributed by atoms with Gasteiger partial charge in [0, 0.05) is 24.1 Å². The van der Waals surface area contributed by atoms with Crippen LogP contribution in [0.4, 0.5) is 5.82 Å². The Labute approximate surface area is 107 Å². The van der Waals surface area contributed by atoms with E-state index in [1.807, 2.05) is 0 Å². The van der Waals surface area contributed by atoms with Crippen LogP contribution in [0, 0.1) is 6.92 Å². The molecular weight excluding hydrogens is 254 g/mol. The third-order valence-electron chi connectivity index (χ3n) is 2.21. The average Bonchev–Trinajstić information content (AvgIpc) is 2.21. The molecule has 0 aliphatic heterocycles. The summed E-state index contributed by atoms with van der Waals surface area (Å²) in [4.78, 5) is 15.7. The Morgan fingerprint density at radius 1 is 1.44 bits per heavy atom. The van der Waals surface area contributed by atoms with E-state index in [0.717, 1.165) is 0 Å². The van der Waals surface area contributed by atoms with Crippen molar-refractivity contribution in [2.45, 2.75) is 13.3 Å². The Morgan fingerprint density at radius 2 is 2.11 bits per heavy atom. The molecule has 1 aromatic heterocycles. The lowest BCUT2D eigenvalue weighted by molar-refractivity contribution is 0.0953. The molecule has 6 nitrogen and oxygen atoms in total. The lowest BCUT2D eigenvalue weighted by atomic mass is 10.2. The van der Waals surface area contributed by atoms with Gasteiger partial charge in [0.1, 0.15) is 15.7 Å². The molecule has 0 radical (unpaired) electrons. The Bertz CT molecular complexity index is 520. The minimum absolute atomic E-state index is 0.0603. The molecule has 3 N–H and O–H groups in total. The molecule has 0 saturated carbocycles. The van der Waals surface area contributed by atoms with Crippen LogP contribution in [0.1, 0.15) is 22.5 Å². The number of anilines is 1. The van der Waals surface area contributed by atoms with Gasteiger partial charge in [0.2, 0.25) is 0 Å². The maximum atomic E-state index is 11.7. The predicted molar refractivity (Wildman–Crippen MR) is 70.0 cm³/mol. The van der Waals surface area contributed by atoms with Gasteiger partial charge in [-0.15, -0.1) is 0 Å². The number of carbonyl (C=O) groups excluding carboxylic acids is 1. The maximum Gasteiger partial charge on any atom is 0.251 e. The normalized spacial score (nSPS) is 11.2. The van der Waals surface area contributed by atoms with Crippen molar-refractivity contribution in [1.82, 2.24) is 10.3 Å². The monoisotopic (exact) mass is 271 g/mol. The SMILES string of the molecule is Cc1cc(C(=O)NCCCS(C)(=O)=O)cc(N)n1. The summed E-state index contributed by atoms with van der Waals surface area (Å²) in [6, 6.07) is 3.11. The number of nitrogens with two attached hydrogens (primary N) is 1. The van der Waals surface area contributed by atoms with E-state index in [-0.39, 0.29) is 17.5 Å². The number of rotatable bonds is 5. The van der Waals surface area contributed by atoms with E-state index in [2.05, 4.69) is 10.3 Å². The summed E-state index contributed by atoms with van der Waals surface area (Å²) >= 11 is 0. The van der Waals surface area contributed by atoms with Crippen LogP contribution in [0.15, 0.2) is 12.1 Å². The molecule has 0 atom stereocenters. The zero-order valence-electron chi connectivity index (χ0n) is 10.4. The van der Waals surface area contributed by atoms with Gasteiger partial charge < -0.3 is 11.1 Å². The summed E-state index contributed by atoms with van der Waals surface area (Å²) in [6.07, 6.45) is 1.56. The van der Waals surface area contributed by atoms with Crippen LogP contribution in [0.3, 0.4) is 0 Å². The van der Waals surface area contributed by atoms with E-state index >= 15 is 0 Å². The van der Waals surface area contributed by atoms with Crippen molar-refractivity contribution in [3.8, 4) is 0 Å². The summed E-state index contributed by atoms with van der Waals surface area (Å²) in [5.41, 5.74) is 6.63. The lowest BCUT2D eigenvalue weighted by Crippen LogP contribution is -2.26. The molecule has 7 heteroatoms. The minimum atomic E-state index is -2.98. The first-order valence-electron chi connectivity index (χ1n) is 5.48. The Balaban J connectivity index is 2.51. The number of hydrogen-bond acceptors (Lipinski definition) is 5. The average molecular weight is 271 g/mol. The number of nitrogens with one attached hydrogen (secondary N) is 1. The van der Waals surface area contributed by atoms with E-state index in [4.69, 9.17) is 5.73 Å². The minimum Gasteiger partial charge on any atom is -0.384 e. The number of hydrogen-bond donors (Lipinski definition) is 2. The zero-order chi connectivity index (χ0) is 13.8. The molecule has 0 bridgehead atoms. The van der Waals surface area contributed by atoms with Crippen molar-refractivity contribution < 1.29 is 13.2 Å². The number of nitrogens with zero attached hydrogens (tertiary/aromatic N) is 1. The van der Waals surface area contributed by atoms with Crippen molar-refractivity contribution in [1.29, 1.82) is 0 Å². The number of nitrogen functional groups attached to an aromatic ring is 1. The highest BCUT2D eigenvalue weighted by Gasteiger charge is 2.08. The highest BCUT2D eigenvalue weighted by Crippen LogP contribution is 2.06. The smallest absolute Gasteiger partial charge is 0.251 e. The fraction of sp³-hybridized carbons (Fsp3) is 0.455. The standard InChI is InChI=1S/C11H17N3O3S/c1-8-6-9(7-10(12)14-8)11(15)13-4-3-5-18(2,16)17/h6-7H,3-5H2,1-2H3,(H2,12,14)(H,13,15). The molecule has 0 aliphatic rings. The molecule has 0 spiro atoms. The van der Waals surface area contributed by atoms with E-state index in [0.29, 0.717) is 24.2 Å². The number of aromatic nitrogens is 1. The molecule has 0 fully saturated rings. The van der Waals surface area contributed by atoms with Crippen molar-refractivity contribution in [2.24, 2.45) is 0 Å². The van der Waals surface area contributed by atoms with E-state index in [1.54, 1.807) is 13.0 Å². The van der Waals surface area contributed by atoms with Gasteiger partial charge in [-0.05, 0) is 25.5 Å². The second-order valence-corrected chi connectivity index (χ2v) is 6.42. The number of aryl methyl sites for hydroxylation is 1. The largest absolute Gasteiger partial charge is 0.384 e. The molecular formula is C11H17N3O3S. The quantitative estimate of drug-likeness (QED) is 0.741. The zero-order valence-corrected chi connectivity index (χ0v) is 11.3. The van der Waals surface area contributed by atoms with Crippen molar-refractivity contribution >= 4 is 21.6 Å². The molecule has 1 amide bonds. The van der Waals surface area contributed by atoms with Gasteiger partial charge in [-0.3, -0.25) is 4.79 Å². The van der Waals surface area contributed by atoms with Gasteiger partial charge in [0.15, 0.2) is 0 Å². The van der Waals surface area contributed by atoms with Crippen LogP contribution in [-0.4, -0.2) is 37.9 Å². The molecule has 0 saturated heterocycles. The summed E-state index contributed by atoms with van der Waals surface area (Å²) in [5.74, 6) is 0.0714. The van der Waals surface area contributed by atoms with Gasteiger partial charge in [0.05, 0.1) is 5.75 Å². The Kier molecular flexibility index (Phi) is 4.66. The van der Waals surface area contributed by atoms with Gasteiger partial charge >= 0.3 is 0 Å². The highest BCUT2D eigenvalue weighted by atomic mass is 32.2. The number of pyridine rings is 1. The number of carbonyl (C=O) groups is 1. The molecule has 18 heavy (non-hydrogen) atoms. The van der Waals surface area contributed by atoms with Crippen LogP contribution in [0.5, 0.6) is 0 Å². The Hall–Kier alpha value is -1.63. The summed E-state index contributed by atoms with van der Waals surface area (Å²) in [6.45, 7) is 2.06. The number of sulfone groups is 1. The molecule has 0 aliphatic carbocycles. The first-order valence-corrected chi connectivity index (χ1v) is 7.54. The fourth-order valence-electron chi connectivity index (χ4n) is 1.46. The Morgan fingerprint density at radius 3 is 2.67 bits per heavy atom. The first-order chi connectivity index (χ1) is 8.28. The third kappa shape index (κ3) is 5.13. The molecule has 100 valence electrons. The summed E-state index contributed by atoms with van der Waals surface area (Å²) in [7, 11) is -2.98. The van der Waals surface area contributed by atoms with Gasteiger partial charge in [-0.25, -0.2) is 13.4 Å². The van der Waals surface area contributed by atoms with Crippen molar-refractivity contribution in [2.75, 3.05) is 24.3 Å². The maximum absolute atomic E-state index is 11.7. The van der Waals surface area contributed by atoms with Gasteiger partial charge in [-0.1, -0.05) is 0 Å². The van der Waals surface area contributed by atoms with E-state index in [9.17, 15) is 13.2 Å². The molecule has 1 rings (SSSR count). The van der Waals surface area contributed by atoms with Crippen molar-refractivity contribution in [3.05, 3.63) is 23.4 Å². The third-order valence-corrected chi connectivity index (χ3v) is 3.24. The highest BCUT2D eigenvalue weighted by molar-refractivity contribution is 7.90. The van der Waals surface area contributed by atoms with E-state index in [1.165, 1.54) is 12.3 Å². The van der Waals surface area contributed by atoms with Gasteiger partial charge in [0.25, 0.3) is 5.91 Å². The topological polar surface area (TPSA) is 102 Å². The first kappa shape index (κ1) is 14.4. The molecule has 1 heterocycles. The second-order valence-electron chi connectivity index (χ2n) is 4.16. The summed E-state index contributed by atoms with van der Waals surface area (Å²) in [5, 5.41) is 2.64. The summed E-state index contributed by atoms with van der Waals surface area (Å²) < 4.78 is 21.8. The van der Waals surface area contributed by atoms with Gasteiger partial charge in [-0.2, -0.15) is 0 Å². The second kappa shape index (κ2) is 5.81. The van der Waals surface area contributed by atoms with E-state index < -0.39 is 9.84 Å². The van der Waals surface area contributed by atoms with Crippen molar-refractivity contribution in [3.63, 3.8) is 0 Å². The lowest BCUT2D eigenvalue weighted by Gasteiger charge is -2.06. The predicted octanol–water partition coefficient (Wildman–Crippen LogP) is 0.137.